The zero-order valence-corrected chi connectivity index (χ0v) is 14.0. The molecule has 1 amide bonds. The van der Waals surface area contributed by atoms with Crippen molar-refractivity contribution >= 4 is 16.8 Å². The van der Waals surface area contributed by atoms with Crippen molar-refractivity contribution < 1.29 is 4.79 Å². The molecule has 0 unspecified atom stereocenters. The van der Waals surface area contributed by atoms with E-state index in [-0.39, 0.29) is 24.1 Å². The van der Waals surface area contributed by atoms with Gasteiger partial charge in [0.05, 0.1) is 17.2 Å². The van der Waals surface area contributed by atoms with Gasteiger partial charge in [0.2, 0.25) is 5.91 Å². The van der Waals surface area contributed by atoms with Crippen molar-refractivity contribution in [1.82, 2.24) is 14.5 Å². The van der Waals surface area contributed by atoms with Gasteiger partial charge < -0.3 is 4.90 Å². The van der Waals surface area contributed by atoms with E-state index in [0.717, 1.165) is 24.9 Å². The molecule has 5 nitrogen and oxygen atoms in total. The third kappa shape index (κ3) is 2.87. The lowest BCUT2D eigenvalue weighted by atomic mass is 10.0. The second-order valence-electron chi connectivity index (χ2n) is 6.69. The first kappa shape index (κ1) is 15.7. The van der Waals surface area contributed by atoms with E-state index in [9.17, 15) is 9.59 Å². The Morgan fingerprint density at radius 1 is 1.39 bits per heavy atom. The normalized spacial score (nSPS) is 18.1. The maximum absolute atomic E-state index is 12.6. The van der Waals surface area contributed by atoms with Gasteiger partial charge in [-0.3, -0.25) is 14.2 Å². The molecule has 1 fully saturated rings. The number of nitrogens with zero attached hydrogens (tertiary/aromatic N) is 3. The fourth-order valence-electron chi connectivity index (χ4n) is 3.48. The molecule has 1 saturated heterocycles. The number of hydrogen-bond acceptors (Lipinski definition) is 3. The molecule has 1 aliphatic rings. The molecule has 1 aromatic carbocycles. The van der Waals surface area contributed by atoms with Gasteiger partial charge in [0.1, 0.15) is 6.54 Å². The van der Waals surface area contributed by atoms with E-state index >= 15 is 0 Å². The lowest BCUT2D eigenvalue weighted by Gasteiger charge is -2.27. The van der Waals surface area contributed by atoms with Crippen molar-refractivity contribution in [3.63, 3.8) is 0 Å². The van der Waals surface area contributed by atoms with Gasteiger partial charge in [-0.15, -0.1) is 0 Å². The van der Waals surface area contributed by atoms with Crippen LogP contribution in [0.1, 0.15) is 32.3 Å². The van der Waals surface area contributed by atoms with Crippen LogP contribution in [0.25, 0.3) is 10.9 Å². The molecule has 5 heteroatoms. The molecule has 2 heterocycles. The topological polar surface area (TPSA) is 55.2 Å². The van der Waals surface area contributed by atoms with Crippen molar-refractivity contribution in [3.8, 4) is 0 Å². The van der Waals surface area contributed by atoms with E-state index in [4.69, 9.17) is 0 Å². The van der Waals surface area contributed by atoms with Gasteiger partial charge in [0.15, 0.2) is 0 Å². The molecular formula is C18H23N3O2. The second kappa shape index (κ2) is 6.14. The molecule has 0 aliphatic carbocycles. The van der Waals surface area contributed by atoms with E-state index in [1.807, 2.05) is 24.0 Å². The zero-order valence-electron chi connectivity index (χ0n) is 14.0. The summed E-state index contributed by atoms with van der Waals surface area (Å²) in [6.07, 6.45) is 3.59. The molecule has 0 bridgehead atoms. The Morgan fingerprint density at radius 3 is 2.91 bits per heavy atom. The Kier molecular flexibility index (Phi) is 4.20. The van der Waals surface area contributed by atoms with E-state index in [0.29, 0.717) is 16.8 Å². The highest BCUT2D eigenvalue weighted by atomic mass is 16.2. The molecule has 3 rings (SSSR count). The minimum absolute atomic E-state index is 0.0112. The Labute approximate surface area is 135 Å². The fourth-order valence-corrected chi connectivity index (χ4v) is 3.48. The highest BCUT2D eigenvalue weighted by Crippen LogP contribution is 2.24. The zero-order chi connectivity index (χ0) is 16.6. The number of carbonyl (C=O) groups excluding carboxylic acids is 1. The molecular weight excluding hydrogens is 290 g/mol. The van der Waals surface area contributed by atoms with Crippen LogP contribution in [0.3, 0.4) is 0 Å². The minimum Gasteiger partial charge on any atom is -0.338 e. The first-order chi connectivity index (χ1) is 11.0. The highest BCUT2D eigenvalue weighted by Gasteiger charge is 2.30. The summed E-state index contributed by atoms with van der Waals surface area (Å²) in [7, 11) is 0. The van der Waals surface area contributed by atoms with Gasteiger partial charge >= 0.3 is 0 Å². The number of carbonyl (C=O) groups is 1. The van der Waals surface area contributed by atoms with Crippen LogP contribution in [0.2, 0.25) is 0 Å². The van der Waals surface area contributed by atoms with E-state index < -0.39 is 0 Å². The molecule has 122 valence electrons. The Morgan fingerprint density at radius 2 is 2.17 bits per heavy atom. The number of rotatable bonds is 3. The summed E-state index contributed by atoms with van der Waals surface area (Å²) in [6.45, 7) is 7.07. The number of fused-ring (bicyclic) bond motifs is 1. The van der Waals surface area contributed by atoms with Crippen molar-refractivity contribution in [2.75, 3.05) is 6.54 Å². The summed E-state index contributed by atoms with van der Waals surface area (Å²) in [6, 6.07) is 5.84. The monoisotopic (exact) mass is 313 g/mol. The van der Waals surface area contributed by atoms with Crippen LogP contribution in [0.4, 0.5) is 0 Å². The summed E-state index contributed by atoms with van der Waals surface area (Å²) in [5, 5.41) is 0.571. The maximum atomic E-state index is 12.6. The number of likely N-dealkylation sites (tertiary alicyclic amines) is 1. The van der Waals surface area contributed by atoms with Crippen molar-refractivity contribution in [1.29, 1.82) is 0 Å². The van der Waals surface area contributed by atoms with Gasteiger partial charge in [-0.25, -0.2) is 4.98 Å². The maximum Gasteiger partial charge on any atom is 0.261 e. The largest absolute Gasteiger partial charge is 0.338 e. The smallest absolute Gasteiger partial charge is 0.261 e. The van der Waals surface area contributed by atoms with E-state index in [2.05, 4.69) is 18.8 Å². The van der Waals surface area contributed by atoms with Gasteiger partial charge in [-0.1, -0.05) is 26.0 Å². The Hall–Kier alpha value is -2.17. The first-order valence-electron chi connectivity index (χ1n) is 8.23. The molecule has 0 N–H and O–H groups in total. The van der Waals surface area contributed by atoms with E-state index in [1.165, 1.54) is 10.9 Å². The predicted molar refractivity (Wildman–Crippen MR) is 90.3 cm³/mol. The summed E-state index contributed by atoms with van der Waals surface area (Å²) >= 11 is 0. The van der Waals surface area contributed by atoms with Gasteiger partial charge in [0.25, 0.3) is 5.56 Å². The average molecular weight is 313 g/mol. The summed E-state index contributed by atoms with van der Waals surface area (Å²) < 4.78 is 1.43. The van der Waals surface area contributed by atoms with Crippen molar-refractivity contribution in [2.24, 2.45) is 5.92 Å². The quantitative estimate of drug-likeness (QED) is 0.874. The molecule has 1 atom stereocenters. The van der Waals surface area contributed by atoms with Gasteiger partial charge in [0, 0.05) is 12.6 Å². The third-order valence-electron chi connectivity index (χ3n) is 4.75. The van der Waals surface area contributed by atoms with Crippen LogP contribution in [0.5, 0.6) is 0 Å². The number of amides is 1. The summed E-state index contributed by atoms with van der Waals surface area (Å²) in [5.74, 6) is 0.452. The third-order valence-corrected chi connectivity index (χ3v) is 4.75. The van der Waals surface area contributed by atoms with Crippen LogP contribution in [0.15, 0.2) is 29.3 Å². The van der Waals surface area contributed by atoms with Crippen molar-refractivity contribution in [2.45, 2.75) is 46.2 Å². The first-order valence-corrected chi connectivity index (χ1v) is 8.23. The predicted octanol–water partition coefficient (Wildman–Crippen LogP) is 2.35. The lowest BCUT2D eigenvalue weighted by Crippen LogP contribution is -2.41. The highest BCUT2D eigenvalue weighted by molar-refractivity contribution is 5.81. The minimum atomic E-state index is -0.146. The number of hydrogen-bond donors (Lipinski definition) is 0. The molecule has 1 aliphatic heterocycles. The van der Waals surface area contributed by atoms with Gasteiger partial charge in [-0.05, 0) is 37.3 Å². The lowest BCUT2D eigenvalue weighted by molar-refractivity contribution is -0.133. The number of aromatic nitrogens is 2. The summed E-state index contributed by atoms with van der Waals surface area (Å²) in [5.41, 5.74) is 1.53. The molecule has 0 radical (unpaired) electrons. The number of aryl methyl sites for hydroxylation is 1. The van der Waals surface area contributed by atoms with E-state index in [1.54, 1.807) is 6.07 Å². The van der Waals surface area contributed by atoms with Crippen molar-refractivity contribution in [3.05, 3.63) is 40.4 Å². The number of para-hydroxylation sites is 1. The Balaban J connectivity index is 1.89. The molecule has 0 saturated carbocycles. The van der Waals surface area contributed by atoms with Crippen LogP contribution in [0, 0.1) is 12.8 Å². The van der Waals surface area contributed by atoms with Crippen LogP contribution >= 0.6 is 0 Å². The molecule has 0 spiro atoms. The average Bonchev–Trinajstić information content (AvgIpc) is 3.00. The standard InChI is InChI=1S/C18H23N3O2/c1-12(2)15-8-5-9-21(15)16(22)10-20-11-19-17-13(3)6-4-7-14(17)18(20)23/h4,6-7,11-12,15H,5,8-10H2,1-3H3/t15-/m0/s1. The van der Waals surface area contributed by atoms with Crippen LogP contribution in [-0.4, -0.2) is 32.9 Å². The van der Waals surface area contributed by atoms with Crippen LogP contribution in [-0.2, 0) is 11.3 Å². The molecule has 2 aromatic rings. The molecule has 23 heavy (non-hydrogen) atoms. The van der Waals surface area contributed by atoms with Gasteiger partial charge in [-0.2, -0.15) is 0 Å². The molecule has 1 aromatic heterocycles. The second-order valence-corrected chi connectivity index (χ2v) is 6.69. The SMILES string of the molecule is Cc1cccc2c(=O)n(CC(=O)N3CCC[C@H]3C(C)C)cnc12. The Bertz CT molecular complexity index is 794. The fraction of sp³-hybridized carbons (Fsp3) is 0.500. The number of benzene rings is 1. The van der Waals surface area contributed by atoms with Crippen LogP contribution < -0.4 is 5.56 Å². The summed E-state index contributed by atoms with van der Waals surface area (Å²) in [4.78, 5) is 31.5.